The van der Waals surface area contributed by atoms with Crippen LogP contribution in [0.2, 0.25) is 0 Å². The zero-order valence-corrected chi connectivity index (χ0v) is 14.9. The summed E-state index contributed by atoms with van der Waals surface area (Å²) in [5.74, 6) is 0. The van der Waals surface area contributed by atoms with Gasteiger partial charge in [-0.3, -0.25) is 14.4 Å². The van der Waals surface area contributed by atoms with Gasteiger partial charge in [-0.25, -0.2) is 4.98 Å². The summed E-state index contributed by atoms with van der Waals surface area (Å²) < 4.78 is 2.22. The lowest BCUT2D eigenvalue weighted by atomic mass is 9.97. The van der Waals surface area contributed by atoms with Crippen molar-refractivity contribution in [1.29, 1.82) is 0 Å². The molecule has 4 nitrogen and oxygen atoms in total. The number of aromatic nitrogens is 4. The number of imidazole rings is 1. The van der Waals surface area contributed by atoms with E-state index in [-0.39, 0.29) is 0 Å². The Hall–Kier alpha value is -3.79. The number of nitrogens with zero attached hydrogens (tertiary/aromatic N) is 4. The van der Waals surface area contributed by atoms with Gasteiger partial charge in [0, 0.05) is 23.2 Å². The predicted octanol–water partition coefficient (Wildman–Crippen LogP) is 5.16. The Morgan fingerprint density at radius 1 is 0.821 bits per heavy atom. The molecular formula is C24H14N4. The van der Waals surface area contributed by atoms with Gasteiger partial charge in [-0.2, -0.15) is 0 Å². The van der Waals surface area contributed by atoms with Crippen LogP contribution in [-0.4, -0.2) is 19.4 Å². The van der Waals surface area contributed by atoms with Crippen LogP contribution in [0.25, 0.3) is 49.6 Å². The van der Waals surface area contributed by atoms with Crippen molar-refractivity contribution in [2.45, 2.75) is 6.42 Å². The van der Waals surface area contributed by atoms with Crippen LogP contribution < -0.4 is 0 Å². The Morgan fingerprint density at radius 2 is 1.79 bits per heavy atom. The van der Waals surface area contributed by atoms with Crippen LogP contribution in [0, 0.1) is 0 Å². The highest BCUT2D eigenvalue weighted by Gasteiger charge is 2.24. The number of hydrogen-bond donors (Lipinski definition) is 0. The number of benzene rings is 2. The Labute approximate surface area is 160 Å². The lowest BCUT2D eigenvalue weighted by molar-refractivity contribution is 1.26. The molecule has 4 heteroatoms. The summed E-state index contributed by atoms with van der Waals surface area (Å²) in [6.45, 7) is 0. The smallest absolute Gasteiger partial charge is 0.147 e. The van der Waals surface area contributed by atoms with Crippen LogP contribution in [0.1, 0.15) is 11.1 Å². The Morgan fingerprint density at radius 3 is 2.79 bits per heavy atom. The quantitative estimate of drug-likeness (QED) is 0.352. The molecule has 0 fully saturated rings. The molecule has 2 aromatic carbocycles. The average molecular weight is 358 g/mol. The van der Waals surface area contributed by atoms with E-state index in [1.54, 1.807) is 6.20 Å². The maximum absolute atomic E-state index is 5.04. The second-order valence-electron chi connectivity index (χ2n) is 7.36. The largest absolute Gasteiger partial charge is 0.289 e. The standard InChI is InChI=1S/C24H14N4/c1-2-5-16-14(4-1)12-15-7-8-17-22(21(15)16)24-27-18-9-11-25-13-20(18)28(24)19-6-3-10-26-23(17)19/h1-11,13H,12H2. The van der Waals surface area contributed by atoms with Crippen LogP contribution in [0.4, 0.5) is 0 Å². The molecule has 4 aromatic heterocycles. The first-order chi connectivity index (χ1) is 13.9. The normalized spacial score (nSPS) is 12.9. The fraction of sp³-hybridized carbons (Fsp3) is 0.0417. The summed E-state index contributed by atoms with van der Waals surface area (Å²) in [6.07, 6.45) is 6.53. The van der Waals surface area contributed by atoms with Crippen LogP contribution in [0.15, 0.2) is 73.2 Å². The fourth-order valence-electron chi connectivity index (χ4n) is 4.77. The van der Waals surface area contributed by atoms with Gasteiger partial charge in [0.05, 0.1) is 28.3 Å². The Bertz CT molecular complexity index is 1590. The third-order valence-electron chi connectivity index (χ3n) is 5.92. The predicted molar refractivity (Wildman–Crippen MR) is 112 cm³/mol. The molecule has 0 aliphatic heterocycles. The van der Waals surface area contributed by atoms with Gasteiger partial charge in [0.1, 0.15) is 5.65 Å². The van der Waals surface area contributed by atoms with Crippen LogP contribution >= 0.6 is 0 Å². The third-order valence-corrected chi connectivity index (χ3v) is 5.92. The maximum atomic E-state index is 5.04. The van der Waals surface area contributed by atoms with Gasteiger partial charge < -0.3 is 0 Å². The van der Waals surface area contributed by atoms with Crippen LogP contribution in [-0.2, 0) is 6.42 Å². The van der Waals surface area contributed by atoms with E-state index in [1.807, 2.05) is 24.5 Å². The van der Waals surface area contributed by atoms with Crippen molar-refractivity contribution in [3.8, 4) is 11.1 Å². The maximum Gasteiger partial charge on any atom is 0.147 e. The Kier molecular flexibility index (Phi) is 2.51. The van der Waals surface area contributed by atoms with Crippen LogP contribution in [0.5, 0.6) is 0 Å². The van der Waals surface area contributed by atoms with Gasteiger partial charge in [0.15, 0.2) is 0 Å². The first kappa shape index (κ1) is 14.3. The van der Waals surface area contributed by atoms with Crippen molar-refractivity contribution in [3.63, 3.8) is 0 Å². The van der Waals surface area contributed by atoms with Gasteiger partial charge in [0.25, 0.3) is 0 Å². The van der Waals surface area contributed by atoms with E-state index in [0.29, 0.717) is 0 Å². The fourth-order valence-corrected chi connectivity index (χ4v) is 4.77. The SMILES string of the molecule is c1ccc2c(c1)Cc1ccc3c4ncccc4n4c5cnccc5nc4c3c1-2. The molecule has 6 aromatic rings. The monoisotopic (exact) mass is 358 g/mol. The lowest BCUT2D eigenvalue weighted by Gasteiger charge is -2.12. The van der Waals surface area contributed by atoms with Gasteiger partial charge in [-0.1, -0.05) is 36.4 Å². The lowest BCUT2D eigenvalue weighted by Crippen LogP contribution is -1.95. The summed E-state index contributed by atoms with van der Waals surface area (Å²) in [4.78, 5) is 14.1. The van der Waals surface area contributed by atoms with Crippen molar-refractivity contribution in [1.82, 2.24) is 19.4 Å². The van der Waals surface area contributed by atoms with Crippen molar-refractivity contribution in [2.75, 3.05) is 0 Å². The molecule has 1 aliphatic carbocycles. The molecule has 1 aliphatic rings. The molecule has 0 saturated carbocycles. The van der Waals surface area contributed by atoms with Crippen molar-refractivity contribution < 1.29 is 0 Å². The Balaban J connectivity index is 1.84. The highest BCUT2D eigenvalue weighted by atomic mass is 15.0. The molecule has 0 saturated heterocycles. The van der Waals surface area contributed by atoms with E-state index in [4.69, 9.17) is 9.97 Å². The topological polar surface area (TPSA) is 43.1 Å². The highest BCUT2D eigenvalue weighted by molar-refractivity contribution is 6.18. The first-order valence-electron chi connectivity index (χ1n) is 9.43. The minimum atomic E-state index is 0.955. The number of fused-ring (bicyclic) bond motifs is 12. The first-order valence-corrected chi connectivity index (χ1v) is 9.43. The second kappa shape index (κ2) is 4.93. The molecule has 0 radical (unpaired) electrons. The second-order valence-corrected chi connectivity index (χ2v) is 7.36. The minimum absolute atomic E-state index is 0.955. The van der Waals surface area contributed by atoms with E-state index >= 15 is 0 Å². The molecule has 0 spiro atoms. The summed E-state index contributed by atoms with van der Waals surface area (Å²) in [5, 5.41) is 2.34. The summed E-state index contributed by atoms with van der Waals surface area (Å²) >= 11 is 0. The van der Waals surface area contributed by atoms with Gasteiger partial charge >= 0.3 is 0 Å². The molecule has 0 amide bonds. The number of hydrogen-bond acceptors (Lipinski definition) is 3. The van der Waals surface area contributed by atoms with E-state index in [0.717, 1.165) is 39.5 Å². The zero-order chi connectivity index (χ0) is 18.2. The zero-order valence-electron chi connectivity index (χ0n) is 14.9. The summed E-state index contributed by atoms with van der Waals surface area (Å²) in [5.41, 5.74) is 10.4. The molecule has 4 heterocycles. The summed E-state index contributed by atoms with van der Waals surface area (Å²) in [6, 6.07) is 19.2. The van der Waals surface area contributed by atoms with Crippen LogP contribution in [0.3, 0.4) is 0 Å². The van der Waals surface area contributed by atoms with E-state index < -0.39 is 0 Å². The molecule has 28 heavy (non-hydrogen) atoms. The average Bonchev–Trinajstić information content (AvgIpc) is 3.32. The molecule has 130 valence electrons. The van der Waals surface area contributed by atoms with E-state index in [2.05, 4.69) is 51.8 Å². The van der Waals surface area contributed by atoms with E-state index in [9.17, 15) is 0 Å². The van der Waals surface area contributed by atoms with Crippen molar-refractivity contribution in [2.24, 2.45) is 0 Å². The van der Waals surface area contributed by atoms with E-state index in [1.165, 1.54) is 27.6 Å². The number of pyridine rings is 3. The molecule has 7 rings (SSSR count). The highest BCUT2D eigenvalue weighted by Crippen LogP contribution is 2.44. The minimum Gasteiger partial charge on any atom is -0.289 e. The van der Waals surface area contributed by atoms with Gasteiger partial charge in [0.2, 0.25) is 0 Å². The molecular weight excluding hydrogens is 344 g/mol. The van der Waals surface area contributed by atoms with Crippen molar-refractivity contribution in [3.05, 3.63) is 84.3 Å². The van der Waals surface area contributed by atoms with Crippen molar-refractivity contribution >= 4 is 38.5 Å². The summed E-state index contributed by atoms with van der Waals surface area (Å²) in [7, 11) is 0. The molecule has 0 bridgehead atoms. The van der Waals surface area contributed by atoms with Gasteiger partial charge in [-0.05, 0) is 46.9 Å². The van der Waals surface area contributed by atoms with Gasteiger partial charge in [-0.15, -0.1) is 0 Å². The molecule has 0 N–H and O–H groups in total. The number of rotatable bonds is 0. The molecule has 0 unspecified atom stereocenters. The third kappa shape index (κ3) is 1.63. The molecule has 0 atom stereocenters.